The molecule has 1 aromatic heterocycles. The van der Waals surface area contributed by atoms with Crippen molar-refractivity contribution in [2.75, 3.05) is 0 Å². The Morgan fingerprint density at radius 3 is 2.80 bits per heavy atom. The highest BCUT2D eigenvalue weighted by Crippen LogP contribution is 2.08. The molecule has 0 bridgehead atoms. The van der Waals surface area contributed by atoms with Crippen molar-refractivity contribution < 1.29 is 4.39 Å². The van der Waals surface area contributed by atoms with Crippen LogP contribution in [0.3, 0.4) is 0 Å². The maximum atomic E-state index is 12.6. The molecule has 1 rings (SSSR count). The molecule has 0 saturated carbocycles. The van der Waals surface area contributed by atoms with Gasteiger partial charge in [0.25, 0.3) is 0 Å². The zero-order valence-corrected chi connectivity index (χ0v) is 5.90. The van der Waals surface area contributed by atoms with E-state index in [0.29, 0.717) is 0 Å². The summed E-state index contributed by atoms with van der Waals surface area (Å²) in [6.45, 7) is 0.0758. The van der Waals surface area contributed by atoms with Crippen molar-refractivity contribution >= 4 is 11.6 Å². The van der Waals surface area contributed by atoms with E-state index < -0.39 is 5.82 Å². The van der Waals surface area contributed by atoms with Crippen molar-refractivity contribution in [1.29, 1.82) is 0 Å². The first-order valence-electron chi connectivity index (χ1n) is 2.75. The minimum Gasteiger partial charge on any atom is -0.325 e. The number of aromatic nitrogens is 1. The second-order valence-electron chi connectivity index (χ2n) is 1.77. The number of halogens is 2. The second-order valence-corrected chi connectivity index (χ2v) is 2.15. The first-order valence-corrected chi connectivity index (χ1v) is 3.13. The van der Waals surface area contributed by atoms with Crippen LogP contribution in [0, 0.1) is 5.82 Å². The number of hydrogen-bond acceptors (Lipinski definition) is 2. The Kier molecular flexibility index (Phi) is 2.19. The topological polar surface area (TPSA) is 38.9 Å². The summed E-state index contributed by atoms with van der Waals surface area (Å²) in [5.74, 6) is -0.410. The van der Waals surface area contributed by atoms with Crippen LogP contribution in [0.15, 0.2) is 12.1 Å². The fourth-order valence-electron chi connectivity index (χ4n) is 0.601. The summed E-state index contributed by atoms with van der Waals surface area (Å²) >= 11 is 5.46. The van der Waals surface area contributed by atoms with Crippen LogP contribution in [0.1, 0.15) is 5.69 Å². The molecule has 2 nitrogen and oxygen atoms in total. The molecule has 2 N–H and O–H groups in total. The van der Waals surface area contributed by atoms with Crippen LogP contribution in [0.4, 0.5) is 4.39 Å². The Balaban J connectivity index is 3.09. The minimum absolute atomic E-state index is 0.0758. The van der Waals surface area contributed by atoms with E-state index in [0.717, 1.165) is 0 Å². The third-order valence-corrected chi connectivity index (χ3v) is 1.29. The molecule has 1 aromatic rings. The summed E-state index contributed by atoms with van der Waals surface area (Å²) in [5, 5.41) is 0.266. The van der Waals surface area contributed by atoms with E-state index >= 15 is 0 Å². The lowest BCUT2D eigenvalue weighted by molar-refractivity contribution is 0.600. The molecule has 0 radical (unpaired) electrons. The third kappa shape index (κ3) is 1.43. The van der Waals surface area contributed by atoms with Crippen molar-refractivity contribution in [2.45, 2.75) is 6.54 Å². The molecule has 0 saturated heterocycles. The summed E-state index contributed by atoms with van der Waals surface area (Å²) in [6.07, 6.45) is 0. The first kappa shape index (κ1) is 7.44. The zero-order chi connectivity index (χ0) is 7.56. The fraction of sp³-hybridized carbons (Fsp3) is 0.167. The van der Waals surface area contributed by atoms with Gasteiger partial charge in [0, 0.05) is 6.54 Å². The lowest BCUT2D eigenvalue weighted by Gasteiger charge is -1.96. The SMILES string of the molecule is NCc1nc(Cl)ccc1F. The highest BCUT2D eigenvalue weighted by Gasteiger charge is 2.00. The molecule has 0 spiro atoms. The normalized spacial score (nSPS) is 9.90. The van der Waals surface area contributed by atoms with Crippen LogP contribution < -0.4 is 5.73 Å². The van der Waals surface area contributed by atoms with Crippen LogP contribution in [0.2, 0.25) is 5.15 Å². The molecular weight excluding hydrogens is 155 g/mol. The molecule has 10 heavy (non-hydrogen) atoms. The molecule has 0 amide bonds. The molecule has 0 unspecified atom stereocenters. The summed E-state index contributed by atoms with van der Waals surface area (Å²) in [5.41, 5.74) is 5.36. The van der Waals surface area contributed by atoms with Gasteiger partial charge in [-0.05, 0) is 12.1 Å². The summed E-state index contributed by atoms with van der Waals surface area (Å²) in [7, 11) is 0. The van der Waals surface area contributed by atoms with Crippen LogP contribution in [-0.2, 0) is 6.54 Å². The minimum atomic E-state index is -0.410. The number of nitrogens with zero attached hydrogens (tertiary/aromatic N) is 1. The van der Waals surface area contributed by atoms with Gasteiger partial charge in [-0.15, -0.1) is 0 Å². The van der Waals surface area contributed by atoms with E-state index in [1.807, 2.05) is 0 Å². The van der Waals surface area contributed by atoms with Gasteiger partial charge < -0.3 is 5.73 Å². The third-order valence-electron chi connectivity index (χ3n) is 1.08. The van der Waals surface area contributed by atoms with Gasteiger partial charge in [0.05, 0.1) is 5.69 Å². The molecule has 0 atom stereocenters. The zero-order valence-electron chi connectivity index (χ0n) is 5.14. The predicted molar refractivity (Wildman–Crippen MR) is 37.1 cm³/mol. The van der Waals surface area contributed by atoms with Gasteiger partial charge in [0.15, 0.2) is 0 Å². The molecule has 54 valence electrons. The average molecular weight is 161 g/mol. The highest BCUT2D eigenvalue weighted by atomic mass is 35.5. The van der Waals surface area contributed by atoms with E-state index in [1.54, 1.807) is 0 Å². The van der Waals surface area contributed by atoms with Gasteiger partial charge in [-0.2, -0.15) is 0 Å². The summed E-state index contributed by atoms with van der Waals surface area (Å²) in [4.78, 5) is 3.66. The maximum Gasteiger partial charge on any atom is 0.146 e. The van der Waals surface area contributed by atoms with Gasteiger partial charge >= 0.3 is 0 Å². The molecule has 0 aliphatic carbocycles. The van der Waals surface area contributed by atoms with Crippen LogP contribution in [0.5, 0.6) is 0 Å². The standard InChI is InChI=1S/C6H6ClFN2/c7-6-2-1-4(8)5(3-9)10-6/h1-2H,3,9H2. The maximum absolute atomic E-state index is 12.6. The Bertz CT molecular complexity index is 239. The Morgan fingerprint density at radius 2 is 2.30 bits per heavy atom. The van der Waals surface area contributed by atoms with E-state index in [9.17, 15) is 4.39 Å². The average Bonchev–Trinajstić information content (AvgIpc) is 1.94. The van der Waals surface area contributed by atoms with E-state index in [4.69, 9.17) is 17.3 Å². The van der Waals surface area contributed by atoms with Crippen molar-refractivity contribution in [2.24, 2.45) is 5.73 Å². The number of rotatable bonds is 1. The molecular formula is C6H6ClFN2. The molecule has 0 aromatic carbocycles. The van der Waals surface area contributed by atoms with Crippen LogP contribution in [0.25, 0.3) is 0 Å². The monoisotopic (exact) mass is 160 g/mol. The van der Waals surface area contributed by atoms with Crippen molar-refractivity contribution in [1.82, 2.24) is 4.98 Å². The van der Waals surface area contributed by atoms with E-state index in [2.05, 4.69) is 4.98 Å². The van der Waals surface area contributed by atoms with Gasteiger partial charge in [-0.25, -0.2) is 9.37 Å². The van der Waals surface area contributed by atoms with E-state index in [1.165, 1.54) is 12.1 Å². The lowest BCUT2D eigenvalue weighted by atomic mass is 10.3. The lowest BCUT2D eigenvalue weighted by Crippen LogP contribution is -2.02. The highest BCUT2D eigenvalue weighted by molar-refractivity contribution is 6.29. The molecule has 1 heterocycles. The number of nitrogens with two attached hydrogens (primary N) is 1. The van der Waals surface area contributed by atoms with Crippen LogP contribution in [-0.4, -0.2) is 4.98 Å². The van der Waals surface area contributed by atoms with Crippen LogP contribution >= 0.6 is 11.6 Å². The Hall–Kier alpha value is -0.670. The summed E-state index contributed by atoms with van der Waals surface area (Å²) in [6, 6.07) is 2.63. The van der Waals surface area contributed by atoms with E-state index in [-0.39, 0.29) is 17.4 Å². The van der Waals surface area contributed by atoms with Gasteiger partial charge in [0.2, 0.25) is 0 Å². The number of hydrogen-bond donors (Lipinski definition) is 1. The van der Waals surface area contributed by atoms with Gasteiger partial charge in [-0.3, -0.25) is 0 Å². The fourth-order valence-corrected chi connectivity index (χ4v) is 0.766. The quantitative estimate of drug-likeness (QED) is 0.630. The molecule has 0 fully saturated rings. The Labute approximate surface area is 62.8 Å². The second kappa shape index (κ2) is 2.94. The first-order chi connectivity index (χ1) is 4.74. The molecule has 0 aliphatic heterocycles. The summed E-state index contributed by atoms with van der Waals surface area (Å²) < 4.78 is 12.6. The van der Waals surface area contributed by atoms with Crippen molar-refractivity contribution in [3.8, 4) is 0 Å². The largest absolute Gasteiger partial charge is 0.325 e. The predicted octanol–water partition coefficient (Wildman–Crippen LogP) is 1.33. The molecule has 4 heteroatoms. The van der Waals surface area contributed by atoms with Crippen molar-refractivity contribution in [3.05, 3.63) is 28.8 Å². The smallest absolute Gasteiger partial charge is 0.146 e. The molecule has 0 aliphatic rings. The van der Waals surface area contributed by atoms with Gasteiger partial charge in [0.1, 0.15) is 11.0 Å². The van der Waals surface area contributed by atoms with Gasteiger partial charge in [-0.1, -0.05) is 11.6 Å². The van der Waals surface area contributed by atoms with Crippen molar-refractivity contribution in [3.63, 3.8) is 0 Å². The Morgan fingerprint density at radius 1 is 1.60 bits per heavy atom. The number of pyridine rings is 1.